The zero-order valence-corrected chi connectivity index (χ0v) is 16.9. The molecule has 0 fully saturated rings. The number of nitrogens with one attached hydrogen (secondary N) is 3. The van der Waals surface area contributed by atoms with Crippen LogP contribution in [-0.2, 0) is 12.7 Å². The molecule has 0 saturated carbocycles. The molecule has 5 N–H and O–H groups in total. The number of H-pyrrole nitrogens is 1. The molecule has 0 spiro atoms. The topological polar surface area (TPSA) is 144 Å². The Morgan fingerprint density at radius 1 is 1.15 bits per heavy atom. The molecule has 10 nitrogen and oxygen atoms in total. The van der Waals surface area contributed by atoms with E-state index in [0.29, 0.717) is 36.7 Å². The second-order valence-corrected chi connectivity index (χ2v) is 7.07. The molecule has 1 aromatic carbocycles. The molecular weight excluding hydrogens is 443 g/mol. The fourth-order valence-corrected chi connectivity index (χ4v) is 3.20. The molecule has 0 amide bonds. The van der Waals surface area contributed by atoms with Crippen molar-refractivity contribution >= 4 is 16.8 Å². The summed E-state index contributed by atoms with van der Waals surface area (Å²) in [5, 5.41) is 10.6. The first-order valence-corrected chi connectivity index (χ1v) is 9.70. The zero-order chi connectivity index (χ0) is 23.6. The average molecular weight is 461 g/mol. The van der Waals surface area contributed by atoms with E-state index in [1.54, 1.807) is 18.3 Å². The molecule has 0 radical (unpaired) electrons. The molecule has 0 aliphatic carbocycles. The number of nitrogens with two attached hydrogens (primary N) is 1. The van der Waals surface area contributed by atoms with Gasteiger partial charge in [-0.15, -0.1) is 0 Å². The monoisotopic (exact) mass is 461 g/mol. The van der Waals surface area contributed by atoms with Gasteiger partial charge in [0.2, 0.25) is 0 Å². The molecule has 13 heteroatoms. The van der Waals surface area contributed by atoms with Gasteiger partial charge in [0.25, 0.3) is 5.56 Å². The largest absolute Gasteiger partial charge is 0.419 e. The smallest absolute Gasteiger partial charge is 0.409 e. The number of hydrogen-bond acceptors (Lipinski definition) is 8. The van der Waals surface area contributed by atoms with Gasteiger partial charge < -0.3 is 20.9 Å². The van der Waals surface area contributed by atoms with Gasteiger partial charge in [0.15, 0.2) is 0 Å². The van der Waals surface area contributed by atoms with E-state index in [4.69, 9.17) is 10.3 Å². The van der Waals surface area contributed by atoms with E-state index >= 15 is 0 Å². The number of rotatable bonds is 7. The summed E-state index contributed by atoms with van der Waals surface area (Å²) in [5.41, 5.74) is 0.665. The van der Waals surface area contributed by atoms with Crippen molar-refractivity contribution in [1.29, 1.82) is 0 Å². The Balaban J connectivity index is 1.39. The Morgan fingerprint density at radius 3 is 2.70 bits per heavy atom. The Bertz CT molecular complexity index is 1390. The van der Waals surface area contributed by atoms with Crippen molar-refractivity contribution in [1.82, 2.24) is 25.2 Å². The Kier molecular flexibility index (Phi) is 5.87. The molecule has 33 heavy (non-hydrogen) atoms. The summed E-state index contributed by atoms with van der Waals surface area (Å²) in [7, 11) is 0. The van der Waals surface area contributed by atoms with Gasteiger partial charge in [-0.2, -0.15) is 23.1 Å². The van der Waals surface area contributed by atoms with Crippen LogP contribution in [0.25, 0.3) is 22.2 Å². The molecule has 0 atom stereocenters. The fraction of sp³-hybridized carbons (Fsp3) is 0.200. The molecule has 3 aromatic heterocycles. The third-order valence-corrected chi connectivity index (χ3v) is 4.74. The summed E-state index contributed by atoms with van der Waals surface area (Å²) in [4.78, 5) is 30.3. The van der Waals surface area contributed by atoms with Crippen LogP contribution in [0.3, 0.4) is 0 Å². The van der Waals surface area contributed by atoms with Gasteiger partial charge >= 0.3 is 11.9 Å². The number of aromatic nitrogens is 4. The van der Waals surface area contributed by atoms with Gasteiger partial charge in [-0.05, 0) is 30.3 Å². The lowest BCUT2D eigenvalue weighted by molar-refractivity contribution is -0.137. The molecule has 0 bridgehead atoms. The predicted molar refractivity (Wildman–Crippen MR) is 114 cm³/mol. The highest BCUT2D eigenvalue weighted by molar-refractivity contribution is 5.82. The van der Waals surface area contributed by atoms with E-state index < -0.39 is 23.1 Å². The second kappa shape index (κ2) is 8.78. The van der Waals surface area contributed by atoms with Crippen LogP contribution in [0.4, 0.5) is 19.0 Å². The van der Waals surface area contributed by atoms with Crippen LogP contribution in [0.1, 0.15) is 11.1 Å². The van der Waals surface area contributed by atoms with Gasteiger partial charge in [-0.25, -0.2) is 9.78 Å². The third kappa shape index (κ3) is 5.03. The first-order chi connectivity index (χ1) is 15.7. The van der Waals surface area contributed by atoms with E-state index in [9.17, 15) is 22.8 Å². The predicted octanol–water partition coefficient (Wildman–Crippen LogP) is 1.67. The van der Waals surface area contributed by atoms with Gasteiger partial charge in [-0.1, -0.05) is 0 Å². The number of fused-ring (bicyclic) bond motifs is 1. The van der Waals surface area contributed by atoms with Crippen LogP contribution in [0, 0.1) is 0 Å². The van der Waals surface area contributed by atoms with Gasteiger partial charge in [-0.3, -0.25) is 9.78 Å². The highest BCUT2D eigenvalue weighted by Gasteiger charge is 2.30. The Morgan fingerprint density at radius 2 is 1.97 bits per heavy atom. The van der Waals surface area contributed by atoms with Gasteiger partial charge in [0.05, 0.1) is 22.8 Å². The molecule has 4 rings (SSSR count). The van der Waals surface area contributed by atoms with Crippen LogP contribution in [0.15, 0.2) is 56.7 Å². The summed E-state index contributed by atoms with van der Waals surface area (Å²) < 4.78 is 42.7. The third-order valence-electron chi connectivity index (χ3n) is 4.74. The summed E-state index contributed by atoms with van der Waals surface area (Å²) in [6.45, 7) is 1.27. The van der Waals surface area contributed by atoms with Crippen molar-refractivity contribution in [2.45, 2.75) is 12.7 Å². The van der Waals surface area contributed by atoms with Crippen LogP contribution < -0.4 is 27.8 Å². The summed E-state index contributed by atoms with van der Waals surface area (Å²) >= 11 is 0. The lowest BCUT2D eigenvalue weighted by Crippen LogP contribution is -2.22. The van der Waals surface area contributed by atoms with E-state index in [1.807, 2.05) is 0 Å². The Hall–Kier alpha value is -4.13. The number of benzene rings is 1. The SMILES string of the molecule is Nn1cc(CNCCNc2ccc(C(F)(F)F)cn2)c(-c2ccc3oc(=O)[nH]c(=O)c3c2)n1. The maximum Gasteiger partial charge on any atom is 0.419 e. The number of nitrogens with zero attached hydrogens (tertiary/aromatic N) is 3. The standard InChI is InChI=1S/C20H18F3N7O3/c21-20(22,23)13-2-4-16(27-9-13)26-6-5-25-8-12-10-30(24)29-17(12)11-1-3-15-14(7-11)18(31)28-19(32)33-15/h1-4,7,9-10,25H,5-6,8,24H2,(H,26,27)(H,28,31,32). The van der Waals surface area contributed by atoms with E-state index in [0.717, 1.165) is 22.6 Å². The molecule has 0 aliphatic heterocycles. The number of nitrogen functional groups attached to an aromatic ring is 1. The van der Waals surface area contributed by atoms with Crippen molar-refractivity contribution in [2.75, 3.05) is 24.2 Å². The minimum absolute atomic E-state index is 0.155. The molecule has 3 heterocycles. The van der Waals surface area contributed by atoms with Crippen molar-refractivity contribution < 1.29 is 17.6 Å². The van der Waals surface area contributed by atoms with Gasteiger partial charge in [0, 0.05) is 37.0 Å². The molecule has 0 saturated heterocycles. The average Bonchev–Trinajstić information content (AvgIpc) is 3.13. The maximum absolute atomic E-state index is 12.6. The van der Waals surface area contributed by atoms with E-state index in [1.165, 1.54) is 12.1 Å². The van der Waals surface area contributed by atoms with Crippen molar-refractivity contribution in [3.05, 3.63) is 74.8 Å². The van der Waals surface area contributed by atoms with Crippen LogP contribution in [0.5, 0.6) is 0 Å². The highest BCUT2D eigenvalue weighted by atomic mass is 19.4. The van der Waals surface area contributed by atoms with Crippen molar-refractivity contribution in [2.24, 2.45) is 0 Å². The fourth-order valence-electron chi connectivity index (χ4n) is 3.20. The highest BCUT2D eigenvalue weighted by Crippen LogP contribution is 2.28. The molecule has 4 aromatic rings. The normalized spacial score (nSPS) is 11.7. The van der Waals surface area contributed by atoms with Crippen LogP contribution in [-0.4, -0.2) is 32.9 Å². The van der Waals surface area contributed by atoms with Crippen molar-refractivity contribution in [3.8, 4) is 11.3 Å². The molecule has 172 valence electrons. The molecular formula is C20H18F3N7O3. The first-order valence-electron chi connectivity index (χ1n) is 9.70. The number of hydrogen-bond donors (Lipinski definition) is 4. The van der Waals surface area contributed by atoms with Crippen LogP contribution in [0.2, 0.25) is 0 Å². The van der Waals surface area contributed by atoms with E-state index in [2.05, 4.69) is 25.7 Å². The quantitative estimate of drug-likeness (QED) is 0.240. The lowest BCUT2D eigenvalue weighted by atomic mass is 10.1. The number of pyridine rings is 1. The second-order valence-electron chi connectivity index (χ2n) is 7.07. The maximum atomic E-state index is 12.6. The van der Waals surface area contributed by atoms with Crippen molar-refractivity contribution in [3.63, 3.8) is 0 Å². The van der Waals surface area contributed by atoms with Crippen LogP contribution >= 0.6 is 0 Å². The minimum atomic E-state index is -4.43. The zero-order valence-electron chi connectivity index (χ0n) is 16.9. The summed E-state index contributed by atoms with van der Waals surface area (Å²) in [6.07, 6.45) is -2.03. The molecule has 0 unspecified atom stereocenters. The number of aromatic amines is 1. The summed E-state index contributed by atoms with van der Waals surface area (Å²) in [5.74, 6) is 5.27. The molecule has 0 aliphatic rings. The van der Waals surface area contributed by atoms with E-state index in [-0.39, 0.29) is 11.0 Å². The number of alkyl halides is 3. The number of anilines is 1. The first kappa shape index (κ1) is 22.1. The summed E-state index contributed by atoms with van der Waals surface area (Å²) in [6, 6.07) is 6.96. The Labute approximate surface area is 183 Å². The minimum Gasteiger partial charge on any atom is -0.409 e. The number of halogens is 3. The van der Waals surface area contributed by atoms with Gasteiger partial charge in [0.1, 0.15) is 11.4 Å². The lowest BCUT2D eigenvalue weighted by Gasteiger charge is -2.09.